The first-order chi connectivity index (χ1) is 13.8. The van der Waals surface area contributed by atoms with E-state index in [2.05, 4.69) is 4.98 Å². The van der Waals surface area contributed by atoms with E-state index in [9.17, 15) is 23.1 Å². The van der Waals surface area contributed by atoms with Gasteiger partial charge in [-0.3, -0.25) is 0 Å². The Kier molecular flexibility index (Phi) is 5.20. The van der Waals surface area contributed by atoms with Crippen LogP contribution in [0.4, 0.5) is 13.2 Å². The van der Waals surface area contributed by atoms with Crippen molar-refractivity contribution >= 4 is 34.1 Å². The number of thiazole rings is 1. The molecule has 2 aromatic heterocycles. The number of hydrogen-bond donors (Lipinski definition) is 1. The molecule has 0 aliphatic rings. The van der Waals surface area contributed by atoms with Crippen LogP contribution in [0.15, 0.2) is 79.2 Å². The Hall–Kier alpha value is -2.62. The zero-order chi connectivity index (χ0) is 20.6. The number of halogens is 3. The van der Waals surface area contributed by atoms with Gasteiger partial charge in [0.25, 0.3) is 0 Å². The minimum Gasteiger partial charge on any atom is -0.423 e. The lowest BCUT2D eigenvalue weighted by Crippen LogP contribution is -2.18. The van der Waals surface area contributed by atoms with E-state index < -0.39 is 17.9 Å². The van der Waals surface area contributed by atoms with Crippen molar-refractivity contribution in [2.45, 2.75) is 21.5 Å². The third-order valence-electron chi connectivity index (χ3n) is 4.09. The summed E-state index contributed by atoms with van der Waals surface area (Å²) in [6.07, 6.45) is -6.29. The summed E-state index contributed by atoms with van der Waals surface area (Å²) in [6, 6.07) is 16.0. The van der Waals surface area contributed by atoms with Crippen molar-refractivity contribution in [2.75, 3.05) is 0 Å². The Morgan fingerprint density at radius 1 is 1.10 bits per heavy atom. The largest absolute Gasteiger partial charge is 0.423 e. The second-order valence-electron chi connectivity index (χ2n) is 6.08. The maximum absolute atomic E-state index is 12.6. The number of hydrogen-bond acceptors (Lipinski definition) is 6. The quantitative estimate of drug-likeness (QED) is 0.419. The van der Waals surface area contributed by atoms with Crippen LogP contribution in [0.1, 0.15) is 11.0 Å². The first-order valence-corrected chi connectivity index (χ1v) is 9.96. The maximum atomic E-state index is 12.6. The maximum Gasteiger partial charge on any atom is 0.419 e. The molecule has 0 radical (unpaired) electrons. The molecule has 0 aliphatic carbocycles. The van der Waals surface area contributed by atoms with E-state index in [1.54, 1.807) is 18.2 Å². The van der Waals surface area contributed by atoms with Gasteiger partial charge < -0.3 is 9.52 Å². The summed E-state index contributed by atoms with van der Waals surface area (Å²) in [5, 5.41) is 10.1. The topological polar surface area (TPSA) is 63.3 Å². The minimum absolute atomic E-state index is 0.279. The summed E-state index contributed by atoms with van der Waals surface area (Å²) in [7, 11) is 0. The Bertz CT molecular complexity index is 1220. The van der Waals surface area contributed by atoms with Crippen molar-refractivity contribution in [3.63, 3.8) is 0 Å². The molecule has 0 amide bonds. The highest BCUT2D eigenvalue weighted by Crippen LogP contribution is 2.39. The summed E-state index contributed by atoms with van der Waals surface area (Å²) < 4.78 is 43.6. The number of aliphatic hydroxyl groups is 1. The molecule has 4 aromatic rings. The second-order valence-corrected chi connectivity index (χ2v) is 8.46. The Morgan fingerprint density at radius 2 is 1.86 bits per heavy atom. The molecule has 4 nitrogen and oxygen atoms in total. The highest BCUT2D eigenvalue weighted by Gasteiger charge is 2.40. The second kappa shape index (κ2) is 7.66. The molecule has 1 atom stereocenters. The van der Waals surface area contributed by atoms with Crippen LogP contribution in [0.2, 0.25) is 0 Å². The number of fused-ring (bicyclic) bond motifs is 1. The summed E-state index contributed by atoms with van der Waals surface area (Å²) in [5.41, 5.74) is 1.48. The van der Waals surface area contributed by atoms with Crippen LogP contribution in [-0.4, -0.2) is 16.3 Å². The van der Waals surface area contributed by atoms with E-state index in [0.29, 0.717) is 14.8 Å². The van der Waals surface area contributed by atoms with Gasteiger partial charge in [0.2, 0.25) is 0 Å². The molecule has 0 aliphatic heterocycles. The van der Waals surface area contributed by atoms with Gasteiger partial charge in [0.05, 0.1) is 4.88 Å². The first-order valence-electron chi connectivity index (χ1n) is 8.33. The molecule has 1 unspecified atom stereocenters. The molecule has 148 valence electrons. The van der Waals surface area contributed by atoms with E-state index in [1.165, 1.54) is 6.07 Å². The third kappa shape index (κ3) is 4.21. The van der Waals surface area contributed by atoms with Crippen LogP contribution >= 0.6 is 23.1 Å². The van der Waals surface area contributed by atoms with Gasteiger partial charge >= 0.3 is 11.8 Å². The predicted molar refractivity (Wildman–Crippen MR) is 105 cm³/mol. The van der Waals surface area contributed by atoms with E-state index in [0.717, 1.165) is 45.8 Å². The Morgan fingerprint density at radius 3 is 2.59 bits per heavy atom. The number of rotatable bonds is 4. The van der Waals surface area contributed by atoms with E-state index in [1.807, 2.05) is 30.3 Å². The molecule has 2 aromatic carbocycles. The molecule has 1 N–H and O–H groups in total. The van der Waals surface area contributed by atoms with Crippen LogP contribution in [0.5, 0.6) is 0 Å². The van der Waals surface area contributed by atoms with Crippen molar-refractivity contribution in [1.82, 2.24) is 4.98 Å². The zero-order valence-electron chi connectivity index (χ0n) is 14.5. The van der Waals surface area contributed by atoms with Crippen molar-refractivity contribution in [3.8, 4) is 11.1 Å². The van der Waals surface area contributed by atoms with E-state index in [4.69, 9.17) is 4.42 Å². The number of aliphatic hydroxyl groups excluding tert-OH is 1. The Balaban J connectivity index is 1.67. The van der Waals surface area contributed by atoms with Gasteiger partial charge in [0.1, 0.15) is 5.58 Å². The lowest BCUT2D eigenvalue weighted by molar-refractivity contribution is -0.205. The number of alkyl halides is 3. The average Bonchev–Trinajstić information content (AvgIpc) is 3.14. The fourth-order valence-electron chi connectivity index (χ4n) is 2.77. The minimum atomic E-state index is -4.74. The van der Waals surface area contributed by atoms with E-state index in [-0.39, 0.29) is 4.88 Å². The fraction of sp³-hybridized carbons (Fsp3) is 0.100. The summed E-state index contributed by atoms with van der Waals surface area (Å²) in [5.74, 6) is 0. The number of aromatic nitrogens is 1. The zero-order valence-corrected chi connectivity index (χ0v) is 16.1. The van der Waals surface area contributed by atoms with Crippen molar-refractivity contribution in [3.05, 3.63) is 76.1 Å². The number of nitrogens with zero attached hydrogens (tertiary/aromatic N) is 1. The molecule has 4 rings (SSSR count). The first kappa shape index (κ1) is 19.7. The molecule has 0 saturated carbocycles. The molecule has 29 heavy (non-hydrogen) atoms. The molecule has 0 spiro atoms. The molecule has 9 heteroatoms. The summed E-state index contributed by atoms with van der Waals surface area (Å²) in [4.78, 5) is 16.3. The van der Waals surface area contributed by atoms with Crippen LogP contribution < -0.4 is 5.63 Å². The monoisotopic (exact) mass is 435 g/mol. The smallest absolute Gasteiger partial charge is 0.419 e. The normalized spacial score (nSPS) is 13.0. The van der Waals surface area contributed by atoms with Gasteiger partial charge in [-0.05, 0) is 29.3 Å². The van der Waals surface area contributed by atoms with Crippen molar-refractivity contribution in [2.24, 2.45) is 0 Å². The molecule has 0 fully saturated rings. The number of benzene rings is 2. The van der Waals surface area contributed by atoms with Gasteiger partial charge in [0, 0.05) is 22.5 Å². The summed E-state index contributed by atoms with van der Waals surface area (Å²) in [6.45, 7) is 0. The fourth-order valence-corrected chi connectivity index (χ4v) is 4.78. The lowest BCUT2D eigenvalue weighted by atomic mass is 10.0. The standard InChI is InChI=1S/C20H12F3NO3S2/c21-20(22,23)18(26)16-10-24-19(29-16)28-12-6-7-13-14(11-4-2-1-3-5-11)9-17(25)27-15(13)8-12/h1-10,18,26H. The van der Waals surface area contributed by atoms with Crippen LogP contribution in [0, 0.1) is 0 Å². The molecular formula is C20H12F3NO3S2. The van der Waals surface area contributed by atoms with Gasteiger partial charge in [-0.1, -0.05) is 42.1 Å². The van der Waals surface area contributed by atoms with Crippen molar-refractivity contribution < 1.29 is 22.7 Å². The highest BCUT2D eigenvalue weighted by atomic mass is 32.2. The molecule has 0 bridgehead atoms. The van der Waals surface area contributed by atoms with Gasteiger partial charge in [-0.2, -0.15) is 13.2 Å². The van der Waals surface area contributed by atoms with Crippen LogP contribution in [-0.2, 0) is 0 Å². The van der Waals surface area contributed by atoms with Crippen LogP contribution in [0.3, 0.4) is 0 Å². The predicted octanol–water partition coefficient (Wildman–Crippen LogP) is 5.66. The molecule has 0 saturated heterocycles. The Labute approximate surface area is 170 Å². The van der Waals surface area contributed by atoms with Crippen molar-refractivity contribution in [1.29, 1.82) is 0 Å². The average molecular weight is 435 g/mol. The van der Waals surface area contributed by atoms with Crippen LogP contribution in [0.25, 0.3) is 22.1 Å². The van der Waals surface area contributed by atoms with Gasteiger partial charge in [-0.15, -0.1) is 11.3 Å². The SMILES string of the molecule is O=c1cc(-c2ccccc2)c2ccc(Sc3ncc(C(O)C(F)(F)F)s3)cc2o1. The van der Waals surface area contributed by atoms with Gasteiger partial charge in [-0.25, -0.2) is 9.78 Å². The molecular weight excluding hydrogens is 423 g/mol. The molecule has 2 heterocycles. The summed E-state index contributed by atoms with van der Waals surface area (Å²) >= 11 is 1.89. The van der Waals surface area contributed by atoms with E-state index >= 15 is 0 Å². The highest BCUT2D eigenvalue weighted by molar-refractivity contribution is 8.01. The lowest BCUT2D eigenvalue weighted by Gasteiger charge is -2.11. The third-order valence-corrected chi connectivity index (χ3v) is 6.20. The van der Waals surface area contributed by atoms with Gasteiger partial charge in [0.15, 0.2) is 10.4 Å².